The van der Waals surface area contributed by atoms with Crippen LogP contribution in [0.2, 0.25) is 0 Å². The summed E-state index contributed by atoms with van der Waals surface area (Å²) in [4.78, 5) is 0. The molecule has 3 N–H and O–H groups in total. The van der Waals surface area contributed by atoms with Crippen molar-refractivity contribution in [2.24, 2.45) is 5.92 Å². The van der Waals surface area contributed by atoms with Gasteiger partial charge in [0.15, 0.2) is 0 Å². The first-order chi connectivity index (χ1) is 8.58. The number of phenolic OH excluding ortho intramolecular Hbond substituents is 2. The van der Waals surface area contributed by atoms with Crippen molar-refractivity contribution in [1.82, 2.24) is 5.32 Å². The Morgan fingerprint density at radius 3 is 2.83 bits per heavy atom. The molecule has 1 aliphatic rings. The molecule has 1 heterocycles. The summed E-state index contributed by atoms with van der Waals surface area (Å²) >= 11 is 0. The van der Waals surface area contributed by atoms with E-state index in [-0.39, 0.29) is 17.5 Å². The van der Waals surface area contributed by atoms with Crippen LogP contribution in [0.3, 0.4) is 0 Å². The van der Waals surface area contributed by atoms with Crippen LogP contribution in [-0.2, 0) is 4.74 Å². The number of hydrogen-bond donors (Lipinski definition) is 3. The zero-order chi connectivity index (χ0) is 13.1. The quantitative estimate of drug-likeness (QED) is 0.767. The predicted molar refractivity (Wildman–Crippen MR) is 69.7 cm³/mol. The summed E-state index contributed by atoms with van der Waals surface area (Å²) in [5.74, 6) is 0.749. The van der Waals surface area contributed by atoms with Crippen molar-refractivity contribution in [2.45, 2.75) is 32.4 Å². The summed E-state index contributed by atoms with van der Waals surface area (Å²) in [5.41, 5.74) is 0.805. The number of aromatic hydroxyl groups is 2. The molecule has 3 atom stereocenters. The molecule has 4 heteroatoms. The molecule has 18 heavy (non-hydrogen) atoms. The van der Waals surface area contributed by atoms with E-state index in [9.17, 15) is 10.2 Å². The Morgan fingerprint density at radius 1 is 1.44 bits per heavy atom. The van der Waals surface area contributed by atoms with Crippen LogP contribution >= 0.6 is 0 Å². The smallest absolute Gasteiger partial charge is 0.124 e. The first kappa shape index (κ1) is 13.2. The van der Waals surface area contributed by atoms with Crippen LogP contribution in [0, 0.1) is 5.92 Å². The Bertz CT molecular complexity index is 408. The maximum absolute atomic E-state index is 9.78. The van der Waals surface area contributed by atoms with Gasteiger partial charge in [-0.2, -0.15) is 0 Å². The molecule has 3 unspecified atom stereocenters. The summed E-state index contributed by atoms with van der Waals surface area (Å²) in [6.07, 6.45) is 1.39. The molecule has 1 aliphatic heterocycles. The third-order valence-corrected chi connectivity index (χ3v) is 3.70. The van der Waals surface area contributed by atoms with Crippen LogP contribution < -0.4 is 5.32 Å². The summed E-state index contributed by atoms with van der Waals surface area (Å²) in [6, 6.07) is 4.76. The summed E-state index contributed by atoms with van der Waals surface area (Å²) in [7, 11) is 0. The molecule has 2 rings (SSSR count). The number of hydrogen-bond acceptors (Lipinski definition) is 4. The van der Waals surface area contributed by atoms with E-state index in [4.69, 9.17) is 4.74 Å². The van der Waals surface area contributed by atoms with E-state index in [1.807, 2.05) is 6.92 Å². The van der Waals surface area contributed by atoms with Crippen LogP contribution in [0.25, 0.3) is 0 Å². The maximum Gasteiger partial charge on any atom is 0.124 e. The standard InChI is InChI=1S/C14H21NO3/c1-9(13-4-3-12(16)7-14(13)17)15-8-11-5-6-18-10(11)2/h3-4,7,9-11,15-17H,5-6,8H2,1-2H3. The highest BCUT2D eigenvalue weighted by Crippen LogP contribution is 2.28. The van der Waals surface area contributed by atoms with Crippen LogP contribution in [0.4, 0.5) is 0 Å². The lowest BCUT2D eigenvalue weighted by Crippen LogP contribution is -2.29. The molecule has 1 fully saturated rings. The normalized spacial score (nSPS) is 25.2. The number of nitrogens with one attached hydrogen (secondary N) is 1. The molecule has 0 bridgehead atoms. The summed E-state index contributed by atoms with van der Waals surface area (Å²) in [5, 5.41) is 22.5. The SMILES string of the molecule is CC(NCC1CCOC1C)c1ccc(O)cc1O. The molecule has 0 amide bonds. The van der Waals surface area contributed by atoms with Crippen molar-refractivity contribution in [3.05, 3.63) is 23.8 Å². The Kier molecular flexibility index (Phi) is 4.09. The lowest BCUT2D eigenvalue weighted by molar-refractivity contribution is 0.105. The Balaban J connectivity index is 1.93. The van der Waals surface area contributed by atoms with E-state index in [1.54, 1.807) is 12.1 Å². The monoisotopic (exact) mass is 251 g/mol. The Hall–Kier alpha value is -1.26. The van der Waals surface area contributed by atoms with Gasteiger partial charge in [0.1, 0.15) is 11.5 Å². The lowest BCUT2D eigenvalue weighted by atomic mass is 10.0. The first-order valence-electron chi connectivity index (χ1n) is 6.45. The Labute approximate surface area is 108 Å². The third-order valence-electron chi connectivity index (χ3n) is 3.70. The molecule has 100 valence electrons. The van der Waals surface area contributed by atoms with Gasteiger partial charge >= 0.3 is 0 Å². The highest BCUT2D eigenvalue weighted by molar-refractivity contribution is 5.40. The van der Waals surface area contributed by atoms with Crippen molar-refractivity contribution in [3.63, 3.8) is 0 Å². The number of rotatable bonds is 4. The van der Waals surface area contributed by atoms with Crippen molar-refractivity contribution in [1.29, 1.82) is 0 Å². The van der Waals surface area contributed by atoms with Gasteiger partial charge < -0.3 is 20.3 Å². The van der Waals surface area contributed by atoms with Crippen molar-refractivity contribution < 1.29 is 14.9 Å². The minimum absolute atomic E-state index is 0.0541. The van der Waals surface area contributed by atoms with E-state index >= 15 is 0 Å². The zero-order valence-corrected chi connectivity index (χ0v) is 10.9. The lowest BCUT2D eigenvalue weighted by Gasteiger charge is -2.20. The minimum Gasteiger partial charge on any atom is -0.508 e. The molecule has 1 aromatic rings. The van der Waals surface area contributed by atoms with Gasteiger partial charge in [0, 0.05) is 30.8 Å². The van der Waals surface area contributed by atoms with Gasteiger partial charge in [0.25, 0.3) is 0 Å². The second-order valence-corrected chi connectivity index (χ2v) is 5.00. The average Bonchev–Trinajstić information content (AvgIpc) is 2.72. The molecular weight excluding hydrogens is 230 g/mol. The zero-order valence-electron chi connectivity index (χ0n) is 10.9. The third kappa shape index (κ3) is 2.94. The van der Waals surface area contributed by atoms with Gasteiger partial charge in [-0.05, 0) is 32.3 Å². The molecule has 0 spiro atoms. The second-order valence-electron chi connectivity index (χ2n) is 5.00. The van der Waals surface area contributed by atoms with Crippen LogP contribution in [0.5, 0.6) is 11.5 Å². The van der Waals surface area contributed by atoms with Crippen molar-refractivity contribution >= 4 is 0 Å². The van der Waals surface area contributed by atoms with Gasteiger partial charge in [0.05, 0.1) is 6.10 Å². The fourth-order valence-corrected chi connectivity index (χ4v) is 2.38. The fraction of sp³-hybridized carbons (Fsp3) is 0.571. The largest absolute Gasteiger partial charge is 0.508 e. The summed E-state index contributed by atoms with van der Waals surface area (Å²) < 4.78 is 5.52. The average molecular weight is 251 g/mol. The molecule has 1 aromatic carbocycles. The molecule has 0 radical (unpaired) electrons. The van der Waals surface area contributed by atoms with Gasteiger partial charge in [0.2, 0.25) is 0 Å². The number of ether oxygens (including phenoxy) is 1. The molecule has 4 nitrogen and oxygen atoms in total. The minimum atomic E-state index is 0.0541. The van der Waals surface area contributed by atoms with E-state index in [0.29, 0.717) is 12.0 Å². The van der Waals surface area contributed by atoms with E-state index in [1.165, 1.54) is 6.07 Å². The van der Waals surface area contributed by atoms with Crippen LogP contribution in [0.1, 0.15) is 31.9 Å². The van der Waals surface area contributed by atoms with E-state index in [0.717, 1.165) is 25.1 Å². The summed E-state index contributed by atoms with van der Waals surface area (Å²) in [6.45, 7) is 5.82. The molecule has 0 aromatic heterocycles. The molecule has 0 saturated carbocycles. The van der Waals surface area contributed by atoms with Crippen LogP contribution in [-0.4, -0.2) is 29.5 Å². The molecular formula is C14H21NO3. The maximum atomic E-state index is 9.78. The fourth-order valence-electron chi connectivity index (χ4n) is 2.38. The van der Waals surface area contributed by atoms with Crippen molar-refractivity contribution in [3.8, 4) is 11.5 Å². The van der Waals surface area contributed by atoms with Crippen LogP contribution in [0.15, 0.2) is 18.2 Å². The molecule has 0 aliphatic carbocycles. The Morgan fingerprint density at radius 2 is 2.22 bits per heavy atom. The topological polar surface area (TPSA) is 61.7 Å². The van der Waals surface area contributed by atoms with Crippen molar-refractivity contribution in [2.75, 3.05) is 13.2 Å². The highest BCUT2D eigenvalue weighted by atomic mass is 16.5. The highest BCUT2D eigenvalue weighted by Gasteiger charge is 2.24. The van der Waals surface area contributed by atoms with Gasteiger partial charge in [-0.1, -0.05) is 6.07 Å². The number of phenols is 2. The van der Waals surface area contributed by atoms with Gasteiger partial charge in [-0.25, -0.2) is 0 Å². The van der Waals surface area contributed by atoms with Gasteiger partial charge in [-0.15, -0.1) is 0 Å². The van der Waals surface area contributed by atoms with E-state index < -0.39 is 0 Å². The first-order valence-corrected chi connectivity index (χ1v) is 6.45. The predicted octanol–water partition coefficient (Wildman–Crippen LogP) is 2.17. The molecule has 1 saturated heterocycles. The van der Waals surface area contributed by atoms with E-state index in [2.05, 4.69) is 12.2 Å². The van der Waals surface area contributed by atoms with Gasteiger partial charge in [-0.3, -0.25) is 0 Å². The second kappa shape index (κ2) is 5.59. The number of benzene rings is 1.